The molecule has 10 heteroatoms. The molecule has 0 saturated carbocycles. The molecule has 0 radical (unpaired) electrons. The van der Waals surface area contributed by atoms with Crippen LogP contribution in [-0.2, 0) is 9.19 Å². The molecule has 0 N–H and O–H groups in total. The maximum Gasteiger partial charge on any atom is 1.00 e. The maximum atomic E-state index is 9.25. The zero-order chi connectivity index (χ0) is 6.78. The fraction of sp³-hybridized carbons (Fsp3) is 0. The van der Waals surface area contributed by atoms with Gasteiger partial charge in [0.25, 0.3) is 5.09 Å². The van der Waals surface area contributed by atoms with E-state index in [0.29, 0.717) is 0 Å². The molecule has 0 aliphatic rings. The second-order valence-corrected chi connectivity index (χ2v) is 1.81. The molecule has 0 bridgehead atoms. The van der Waals surface area contributed by atoms with Gasteiger partial charge in [-0.15, -0.1) is 10.1 Å². The maximum absolute atomic E-state index is 9.25. The molecule has 0 heterocycles. The minimum atomic E-state index is -5.42. The van der Waals surface area contributed by atoms with Crippen LogP contribution in [0.3, 0.4) is 0 Å². The summed E-state index contributed by atoms with van der Waals surface area (Å²) in [5, 5.41) is 7.35. The van der Waals surface area contributed by atoms with Gasteiger partial charge in [0.2, 0.25) is 0 Å². The first-order valence-electron chi connectivity index (χ1n) is 1.28. The van der Waals surface area contributed by atoms with Crippen molar-refractivity contribution in [3.05, 3.63) is 10.1 Å². The third-order valence-electron chi connectivity index (χ3n) is 0.167. The molecule has 0 unspecified atom stereocenters. The van der Waals surface area contributed by atoms with Gasteiger partial charge in [-0.1, -0.05) is 0 Å². The van der Waals surface area contributed by atoms with E-state index in [2.05, 4.69) is 4.62 Å². The van der Waals surface area contributed by atoms with Crippen LogP contribution in [0.25, 0.3) is 0 Å². The normalized spacial score (nSPS) is 8.60. The summed E-state index contributed by atoms with van der Waals surface area (Å²) >= 11 is 0. The first-order chi connectivity index (χ1) is 3.42. The average Bonchev–Trinajstić information content (AvgIpc) is 1.21. The van der Waals surface area contributed by atoms with E-state index in [4.69, 9.17) is 10.1 Å². The molecular formula is Li2NO6P. The Balaban J connectivity index is -0.000000245. The molecule has 0 fully saturated rings. The number of hydrogen-bond donors (Lipinski definition) is 0. The molecule has 0 aromatic heterocycles. The van der Waals surface area contributed by atoms with Crippen molar-refractivity contribution in [2.24, 2.45) is 0 Å². The van der Waals surface area contributed by atoms with Gasteiger partial charge in [-0.25, -0.2) is 0 Å². The minimum Gasteiger partial charge on any atom is -0.791 e. The van der Waals surface area contributed by atoms with Gasteiger partial charge in [-0.2, -0.15) is 0 Å². The summed E-state index contributed by atoms with van der Waals surface area (Å²) in [7, 11) is -5.42. The summed E-state index contributed by atoms with van der Waals surface area (Å²) in [6, 6.07) is 0. The van der Waals surface area contributed by atoms with E-state index in [1.807, 2.05) is 0 Å². The van der Waals surface area contributed by atoms with Gasteiger partial charge in [0, 0.05) is 0 Å². The van der Waals surface area contributed by atoms with Crippen LogP contribution in [-0.4, -0.2) is 5.09 Å². The molecule has 0 aromatic carbocycles. The molecule has 0 atom stereocenters. The Kier molecular flexibility index (Phi) is 10.6. The number of phosphoric acid groups is 1. The summed E-state index contributed by atoms with van der Waals surface area (Å²) in [6.07, 6.45) is 0. The van der Waals surface area contributed by atoms with Crippen LogP contribution in [0.15, 0.2) is 0 Å². The number of hydrogen-bond acceptors (Lipinski definition) is 6. The zero-order valence-electron chi connectivity index (χ0n) is 5.34. The van der Waals surface area contributed by atoms with Crippen molar-refractivity contribution in [3.63, 3.8) is 0 Å². The third-order valence-corrected chi connectivity index (χ3v) is 0.500. The topological polar surface area (TPSA) is 116 Å². The van der Waals surface area contributed by atoms with Gasteiger partial charge in [-0.3, -0.25) is 4.62 Å². The van der Waals surface area contributed by atoms with Gasteiger partial charge < -0.3 is 14.4 Å². The fourth-order valence-corrected chi connectivity index (χ4v) is 0.245. The molecule has 0 aliphatic carbocycles. The van der Waals surface area contributed by atoms with Gasteiger partial charge in [-0.05, 0) is 0 Å². The van der Waals surface area contributed by atoms with E-state index in [1.165, 1.54) is 0 Å². The standard InChI is InChI=1S/2Li.H2NO6P/c;;2-1(3)7-8(4,5)6/h;;(H2,4,5,6)/q2*+1;/p-2. The van der Waals surface area contributed by atoms with E-state index >= 15 is 0 Å². The fourth-order valence-electron chi connectivity index (χ4n) is 0.0816. The van der Waals surface area contributed by atoms with Crippen LogP contribution in [0.2, 0.25) is 0 Å². The predicted molar refractivity (Wildman–Crippen MR) is 15.7 cm³/mol. The Morgan fingerprint density at radius 2 is 1.60 bits per heavy atom. The van der Waals surface area contributed by atoms with E-state index < -0.39 is 12.9 Å². The summed E-state index contributed by atoms with van der Waals surface area (Å²) in [5.74, 6) is 0. The van der Waals surface area contributed by atoms with Crippen LogP contribution in [0, 0.1) is 10.1 Å². The van der Waals surface area contributed by atoms with Gasteiger partial charge in [0.15, 0.2) is 0 Å². The molecule has 0 spiro atoms. The number of nitrogens with zero attached hydrogens (tertiary/aromatic N) is 1. The van der Waals surface area contributed by atoms with Crippen LogP contribution < -0.4 is 47.5 Å². The predicted octanol–water partition coefficient (Wildman–Crippen LogP) is -7.97. The SMILES string of the molecule is O=[N+]([O-])OP(=O)([O-])[O-].[Li+].[Li+]. The van der Waals surface area contributed by atoms with Gasteiger partial charge in [0.1, 0.15) is 7.82 Å². The molecule has 0 rings (SSSR count). The van der Waals surface area contributed by atoms with E-state index in [0.717, 1.165) is 0 Å². The van der Waals surface area contributed by atoms with Crippen molar-refractivity contribution in [1.82, 2.24) is 0 Å². The molecule has 7 nitrogen and oxygen atoms in total. The molecule has 10 heavy (non-hydrogen) atoms. The Hall–Kier alpha value is 0.545. The molecule has 0 amide bonds. The summed E-state index contributed by atoms with van der Waals surface area (Å²) in [6.45, 7) is 0. The van der Waals surface area contributed by atoms with E-state index in [9.17, 15) is 14.4 Å². The van der Waals surface area contributed by atoms with E-state index in [-0.39, 0.29) is 37.7 Å². The molecule has 0 aliphatic heterocycles. The molecule has 0 aromatic rings. The Morgan fingerprint density at radius 1 is 1.30 bits per heavy atom. The average molecular weight is 155 g/mol. The Labute approximate surface area is 79.8 Å². The monoisotopic (exact) mass is 155 g/mol. The summed E-state index contributed by atoms with van der Waals surface area (Å²) in [5.41, 5.74) is 0. The third kappa shape index (κ3) is 15.8. The van der Waals surface area contributed by atoms with E-state index in [1.54, 1.807) is 0 Å². The molecule has 0 saturated heterocycles. The van der Waals surface area contributed by atoms with Crippen LogP contribution in [0.5, 0.6) is 0 Å². The Bertz CT molecular complexity index is 139. The zero-order valence-corrected chi connectivity index (χ0v) is 6.24. The van der Waals surface area contributed by atoms with Gasteiger partial charge in [0.05, 0.1) is 0 Å². The second-order valence-electron chi connectivity index (χ2n) is 0.752. The summed E-state index contributed by atoms with van der Waals surface area (Å²) < 4.78 is 11.9. The van der Waals surface area contributed by atoms with Crippen molar-refractivity contribution < 1.29 is 61.8 Å². The van der Waals surface area contributed by atoms with Crippen molar-refractivity contribution in [2.75, 3.05) is 0 Å². The smallest absolute Gasteiger partial charge is 0.791 e. The van der Waals surface area contributed by atoms with Crippen LogP contribution in [0.4, 0.5) is 0 Å². The Morgan fingerprint density at radius 3 is 1.60 bits per heavy atom. The first-order valence-corrected chi connectivity index (χ1v) is 2.74. The second kappa shape index (κ2) is 6.27. The van der Waals surface area contributed by atoms with Crippen molar-refractivity contribution >= 4 is 7.82 Å². The van der Waals surface area contributed by atoms with Gasteiger partial charge >= 0.3 is 37.7 Å². The van der Waals surface area contributed by atoms with Crippen molar-refractivity contribution in [2.45, 2.75) is 0 Å². The largest absolute Gasteiger partial charge is 1.00 e. The van der Waals surface area contributed by atoms with Crippen LogP contribution in [0.1, 0.15) is 0 Å². The summed E-state index contributed by atoms with van der Waals surface area (Å²) in [4.78, 5) is 27.5. The van der Waals surface area contributed by atoms with Crippen molar-refractivity contribution in [1.29, 1.82) is 0 Å². The molecular weight excluding hydrogens is 155 g/mol. The minimum absolute atomic E-state index is 0. The van der Waals surface area contributed by atoms with Crippen molar-refractivity contribution in [3.8, 4) is 0 Å². The number of rotatable bonds is 2. The molecule has 48 valence electrons. The first kappa shape index (κ1) is 16.9. The quantitative estimate of drug-likeness (QED) is 0.169. The van der Waals surface area contributed by atoms with Crippen LogP contribution >= 0.6 is 7.82 Å².